The molecule has 2 heterocycles. The molecule has 1 atom stereocenters. The summed E-state index contributed by atoms with van der Waals surface area (Å²) < 4.78 is 26.4. The van der Waals surface area contributed by atoms with Crippen LogP contribution in [0.25, 0.3) is 11.0 Å². The molecule has 1 fully saturated rings. The maximum atomic E-state index is 12.1. The van der Waals surface area contributed by atoms with E-state index in [0.29, 0.717) is 26.1 Å². The highest BCUT2D eigenvalue weighted by atomic mass is 32.2. The molecule has 1 unspecified atom stereocenters. The van der Waals surface area contributed by atoms with E-state index in [1.807, 2.05) is 35.9 Å². The summed E-state index contributed by atoms with van der Waals surface area (Å²) in [6.45, 7) is 1.30. The fourth-order valence-corrected chi connectivity index (χ4v) is 4.05. The Balaban J connectivity index is 1.55. The van der Waals surface area contributed by atoms with E-state index in [2.05, 4.69) is 10.3 Å². The van der Waals surface area contributed by atoms with Crippen LogP contribution in [0.2, 0.25) is 0 Å². The van der Waals surface area contributed by atoms with Crippen molar-refractivity contribution in [2.24, 2.45) is 13.0 Å². The number of rotatable bonds is 5. The van der Waals surface area contributed by atoms with E-state index in [0.717, 1.165) is 23.3 Å². The number of hydrogen-bond donors (Lipinski definition) is 1. The second kappa shape index (κ2) is 6.52. The molecule has 1 saturated heterocycles. The van der Waals surface area contributed by atoms with E-state index < -0.39 is 10.0 Å². The van der Waals surface area contributed by atoms with E-state index in [9.17, 15) is 13.2 Å². The van der Waals surface area contributed by atoms with Crippen LogP contribution in [0, 0.1) is 5.92 Å². The molecule has 0 saturated carbocycles. The third kappa shape index (κ3) is 3.59. The molecule has 0 aliphatic carbocycles. The first-order valence-electron chi connectivity index (χ1n) is 7.97. The average molecular weight is 350 g/mol. The van der Waals surface area contributed by atoms with Crippen LogP contribution in [0.5, 0.6) is 0 Å². The lowest BCUT2D eigenvalue weighted by Gasteiger charge is -2.13. The molecule has 3 rings (SSSR count). The summed E-state index contributed by atoms with van der Waals surface area (Å²) >= 11 is 0. The number of amides is 1. The molecule has 0 bridgehead atoms. The summed E-state index contributed by atoms with van der Waals surface area (Å²) in [7, 11) is -1.23. The molecule has 2 aromatic rings. The minimum absolute atomic E-state index is 0.0672. The molecule has 1 aromatic carbocycles. The minimum atomic E-state index is -3.16. The molecule has 8 heteroatoms. The van der Waals surface area contributed by atoms with Gasteiger partial charge in [0.15, 0.2) is 0 Å². The molecule has 1 amide bonds. The van der Waals surface area contributed by atoms with Crippen molar-refractivity contribution in [2.45, 2.75) is 19.4 Å². The van der Waals surface area contributed by atoms with E-state index in [1.165, 1.54) is 10.6 Å². The number of carbonyl (C=O) groups is 1. The predicted molar refractivity (Wildman–Crippen MR) is 91.7 cm³/mol. The zero-order valence-electron chi connectivity index (χ0n) is 13.9. The second-order valence-electron chi connectivity index (χ2n) is 6.33. The van der Waals surface area contributed by atoms with Gasteiger partial charge in [-0.15, -0.1) is 0 Å². The quantitative estimate of drug-likeness (QED) is 0.867. The number of hydrogen-bond acceptors (Lipinski definition) is 4. The Bertz CT molecular complexity index is 859. The van der Waals surface area contributed by atoms with Crippen molar-refractivity contribution in [2.75, 3.05) is 19.3 Å². The van der Waals surface area contributed by atoms with Crippen molar-refractivity contribution in [3.63, 3.8) is 0 Å². The van der Waals surface area contributed by atoms with Crippen molar-refractivity contribution >= 4 is 27.0 Å². The highest BCUT2D eigenvalue weighted by Gasteiger charge is 2.29. The van der Waals surface area contributed by atoms with Gasteiger partial charge in [-0.1, -0.05) is 12.1 Å². The molecular formula is C16H22N4O3S. The number of imidazole rings is 1. The maximum absolute atomic E-state index is 12.1. The molecule has 1 aliphatic rings. The van der Waals surface area contributed by atoms with Gasteiger partial charge < -0.3 is 9.88 Å². The van der Waals surface area contributed by atoms with Gasteiger partial charge in [-0.2, -0.15) is 0 Å². The number of nitrogens with one attached hydrogen (secondary N) is 1. The topological polar surface area (TPSA) is 84.3 Å². The Morgan fingerprint density at radius 3 is 2.79 bits per heavy atom. The molecule has 1 aromatic heterocycles. The van der Waals surface area contributed by atoms with Crippen molar-refractivity contribution in [3.8, 4) is 0 Å². The number of nitrogens with zero attached hydrogens (tertiary/aromatic N) is 3. The van der Waals surface area contributed by atoms with Crippen LogP contribution in [0.15, 0.2) is 24.3 Å². The maximum Gasteiger partial charge on any atom is 0.220 e. The summed E-state index contributed by atoms with van der Waals surface area (Å²) in [4.78, 5) is 16.7. The number of para-hydroxylation sites is 2. The molecular weight excluding hydrogens is 328 g/mol. The summed E-state index contributed by atoms with van der Waals surface area (Å²) in [6.07, 6.45) is 2.28. The number of fused-ring (bicyclic) bond motifs is 1. The SMILES string of the molecule is Cn1c(CNC(=O)CC2CCN(S(C)(=O)=O)C2)nc2ccccc21. The second-order valence-corrected chi connectivity index (χ2v) is 8.31. The normalized spacial score (nSPS) is 19.0. The van der Waals surface area contributed by atoms with E-state index in [-0.39, 0.29) is 11.8 Å². The van der Waals surface area contributed by atoms with Gasteiger partial charge in [0, 0.05) is 26.6 Å². The smallest absolute Gasteiger partial charge is 0.220 e. The number of benzene rings is 1. The first-order chi connectivity index (χ1) is 11.3. The molecule has 7 nitrogen and oxygen atoms in total. The van der Waals surface area contributed by atoms with Crippen LogP contribution in [-0.2, 0) is 28.4 Å². The van der Waals surface area contributed by atoms with Crippen LogP contribution in [0.3, 0.4) is 0 Å². The summed E-state index contributed by atoms with van der Waals surface area (Å²) in [5, 5.41) is 2.89. The highest BCUT2D eigenvalue weighted by Crippen LogP contribution is 2.21. The number of sulfonamides is 1. The monoisotopic (exact) mass is 350 g/mol. The summed E-state index contributed by atoms with van der Waals surface area (Å²) in [5.74, 6) is 0.816. The van der Waals surface area contributed by atoms with Crippen LogP contribution in [-0.4, -0.2) is 47.5 Å². The van der Waals surface area contributed by atoms with Gasteiger partial charge in [-0.3, -0.25) is 4.79 Å². The van der Waals surface area contributed by atoms with Crippen LogP contribution in [0.4, 0.5) is 0 Å². The lowest BCUT2D eigenvalue weighted by molar-refractivity contribution is -0.122. The van der Waals surface area contributed by atoms with Crippen molar-refractivity contribution < 1.29 is 13.2 Å². The Morgan fingerprint density at radius 2 is 2.12 bits per heavy atom. The summed E-state index contributed by atoms with van der Waals surface area (Å²) in [5.41, 5.74) is 1.94. The average Bonchev–Trinajstić information content (AvgIpc) is 3.11. The van der Waals surface area contributed by atoms with Gasteiger partial charge in [0.25, 0.3) is 0 Å². The Hall–Kier alpha value is -1.93. The fraction of sp³-hybridized carbons (Fsp3) is 0.500. The predicted octanol–water partition coefficient (Wildman–Crippen LogP) is 0.861. The zero-order valence-corrected chi connectivity index (χ0v) is 14.7. The minimum Gasteiger partial charge on any atom is -0.349 e. The van der Waals surface area contributed by atoms with Crippen molar-refractivity contribution in [3.05, 3.63) is 30.1 Å². The first kappa shape index (κ1) is 16.9. The molecule has 0 spiro atoms. The molecule has 1 N–H and O–H groups in total. The Morgan fingerprint density at radius 1 is 1.38 bits per heavy atom. The fourth-order valence-electron chi connectivity index (χ4n) is 3.13. The Labute approximate surface area is 141 Å². The molecule has 130 valence electrons. The van der Waals surface area contributed by atoms with Crippen LogP contribution in [0.1, 0.15) is 18.7 Å². The van der Waals surface area contributed by atoms with E-state index in [4.69, 9.17) is 0 Å². The third-order valence-corrected chi connectivity index (χ3v) is 5.78. The zero-order chi connectivity index (χ0) is 17.3. The molecule has 24 heavy (non-hydrogen) atoms. The third-order valence-electron chi connectivity index (χ3n) is 4.52. The highest BCUT2D eigenvalue weighted by molar-refractivity contribution is 7.88. The van der Waals surface area contributed by atoms with Gasteiger partial charge in [-0.05, 0) is 24.5 Å². The standard InChI is InChI=1S/C16H22N4O3S/c1-19-14-6-4-3-5-13(14)18-15(19)10-17-16(21)9-12-7-8-20(11-12)24(2,22)23/h3-6,12H,7-11H2,1-2H3,(H,17,21). The van der Waals surface area contributed by atoms with Gasteiger partial charge in [-0.25, -0.2) is 17.7 Å². The lowest BCUT2D eigenvalue weighted by atomic mass is 10.0. The van der Waals surface area contributed by atoms with Gasteiger partial charge in [0.2, 0.25) is 15.9 Å². The summed E-state index contributed by atoms with van der Waals surface area (Å²) in [6, 6.07) is 7.83. The van der Waals surface area contributed by atoms with Gasteiger partial charge >= 0.3 is 0 Å². The van der Waals surface area contributed by atoms with Crippen molar-refractivity contribution in [1.29, 1.82) is 0 Å². The number of carbonyl (C=O) groups excluding carboxylic acids is 1. The number of aromatic nitrogens is 2. The van der Waals surface area contributed by atoms with E-state index >= 15 is 0 Å². The van der Waals surface area contributed by atoms with Crippen LogP contribution >= 0.6 is 0 Å². The van der Waals surface area contributed by atoms with Crippen LogP contribution < -0.4 is 5.32 Å². The van der Waals surface area contributed by atoms with Crippen molar-refractivity contribution in [1.82, 2.24) is 19.2 Å². The first-order valence-corrected chi connectivity index (χ1v) is 9.81. The Kier molecular flexibility index (Phi) is 4.60. The number of aryl methyl sites for hydroxylation is 1. The van der Waals surface area contributed by atoms with E-state index in [1.54, 1.807) is 0 Å². The van der Waals surface area contributed by atoms with Gasteiger partial charge in [0.05, 0.1) is 23.8 Å². The van der Waals surface area contributed by atoms with Gasteiger partial charge in [0.1, 0.15) is 5.82 Å². The largest absolute Gasteiger partial charge is 0.349 e. The lowest BCUT2D eigenvalue weighted by Crippen LogP contribution is -2.30. The molecule has 0 radical (unpaired) electrons. The molecule has 1 aliphatic heterocycles.